The summed E-state index contributed by atoms with van der Waals surface area (Å²) in [5, 5.41) is 0. The molecule has 0 saturated heterocycles. The summed E-state index contributed by atoms with van der Waals surface area (Å²) < 4.78 is 0. The first-order chi connectivity index (χ1) is 17.8. The van der Waals surface area contributed by atoms with Crippen LogP contribution in [-0.2, 0) is 32.0 Å². The van der Waals surface area contributed by atoms with E-state index in [0.29, 0.717) is 0 Å². The quantitative estimate of drug-likeness (QED) is 0.104. The fourth-order valence-corrected chi connectivity index (χ4v) is 4.78. The Balaban J connectivity index is 0.000000535. The molecular formula is C35H42Cl2SiTi-4. The van der Waals surface area contributed by atoms with E-state index in [4.69, 9.17) is 0 Å². The van der Waals surface area contributed by atoms with Gasteiger partial charge in [-0.1, -0.05) is 110 Å². The van der Waals surface area contributed by atoms with Gasteiger partial charge in [0.2, 0.25) is 0 Å². The van der Waals surface area contributed by atoms with Crippen molar-refractivity contribution in [2.24, 2.45) is 0 Å². The Morgan fingerprint density at radius 3 is 1.49 bits per heavy atom. The molecule has 0 saturated carbocycles. The van der Waals surface area contributed by atoms with Gasteiger partial charge in [-0.3, -0.25) is 0 Å². The molecule has 0 heterocycles. The number of hydrogen-bond donors (Lipinski definition) is 0. The zero-order chi connectivity index (χ0) is 25.6. The zero-order valence-corrected chi connectivity index (χ0v) is 28.1. The van der Waals surface area contributed by atoms with Gasteiger partial charge in [-0.2, -0.15) is 66.1 Å². The van der Waals surface area contributed by atoms with Crippen LogP contribution in [0.1, 0.15) is 67.7 Å². The summed E-state index contributed by atoms with van der Waals surface area (Å²) in [7, 11) is 1.86. The Kier molecular flexibility index (Phi) is 20.3. The van der Waals surface area contributed by atoms with Crippen LogP contribution in [0.5, 0.6) is 0 Å². The molecule has 208 valence electrons. The summed E-state index contributed by atoms with van der Waals surface area (Å²) in [5.41, 5.74) is 11.0. The van der Waals surface area contributed by atoms with Crippen LogP contribution in [0.25, 0.3) is 22.3 Å². The van der Waals surface area contributed by atoms with Crippen molar-refractivity contribution in [1.29, 1.82) is 0 Å². The second-order valence-electron chi connectivity index (χ2n) is 9.06. The third-order valence-corrected chi connectivity index (χ3v) is 6.59. The van der Waals surface area contributed by atoms with E-state index in [1.807, 2.05) is 38.9 Å². The zero-order valence-electron chi connectivity index (χ0n) is 23.5. The first-order valence-corrected chi connectivity index (χ1v) is 17.1. The van der Waals surface area contributed by atoms with E-state index in [2.05, 4.69) is 98.8 Å². The van der Waals surface area contributed by atoms with Crippen LogP contribution in [0.3, 0.4) is 0 Å². The summed E-state index contributed by atoms with van der Waals surface area (Å²) in [6, 6.07) is 36.2. The number of unbranched alkanes of at least 4 members (excludes halogenated alkanes) is 5. The maximum absolute atomic E-state index is 3.78. The van der Waals surface area contributed by atoms with Crippen molar-refractivity contribution in [3.63, 3.8) is 0 Å². The minimum atomic E-state index is 0. The number of benzene rings is 4. The van der Waals surface area contributed by atoms with Gasteiger partial charge < -0.3 is 14.4 Å². The van der Waals surface area contributed by atoms with E-state index in [1.165, 1.54) is 76.6 Å². The molecule has 0 aliphatic heterocycles. The first-order valence-electron chi connectivity index (χ1n) is 13.1. The second kappa shape index (κ2) is 21.2. The molecule has 0 aromatic heterocycles. The molecule has 0 bridgehead atoms. The van der Waals surface area contributed by atoms with Crippen molar-refractivity contribution in [2.75, 3.05) is 0 Å². The molecule has 0 unspecified atom stereocenters. The van der Waals surface area contributed by atoms with Gasteiger partial charge in [-0.15, -0.1) is 35.9 Å². The monoisotopic (exact) mass is 608 g/mol. The Bertz CT molecular complexity index is 1040. The van der Waals surface area contributed by atoms with E-state index >= 15 is 0 Å². The van der Waals surface area contributed by atoms with Gasteiger partial charge in [-0.25, -0.2) is 0 Å². The summed E-state index contributed by atoms with van der Waals surface area (Å²) in [6.07, 6.45) is 10.1. The molecule has 0 nitrogen and oxygen atoms in total. The number of halogens is 2. The van der Waals surface area contributed by atoms with Crippen LogP contribution < -0.4 is 0 Å². The molecule has 4 aromatic rings. The SMILES string of the molecule is Cl.Cl.[CH2-]CCCCCCC.[CH3-].[SiH2]=[Ti].[c-]1cccc2c1Cc1ccccc1-2.[c-]1cccc2c1Cc1ccccc1-2. The Morgan fingerprint density at radius 2 is 1.05 bits per heavy atom. The van der Waals surface area contributed by atoms with Gasteiger partial charge in [0.1, 0.15) is 0 Å². The van der Waals surface area contributed by atoms with Crippen LogP contribution in [0.15, 0.2) is 84.9 Å². The topological polar surface area (TPSA) is 0 Å². The Morgan fingerprint density at radius 1 is 0.641 bits per heavy atom. The van der Waals surface area contributed by atoms with Gasteiger partial charge >= 0.3 is 26.8 Å². The molecule has 39 heavy (non-hydrogen) atoms. The smallest absolute Gasteiger partial charge is 0.0253 e. The molecule has 0 atom stereocenters. The fraction of sp³-hybridized carbons (Fsp3) is 0.257. The van der Waals surface area contributed by atoms with Crippen molar-refractivity contribution < 1.29 is 19.2 Å². The molecule has 4 heteroatoms. The van der Waals surface area contributed by atoms with Gasteiger partial charge in [-0.05, 0) is 12.8 Å². The minimum Gasteiger partial charge on any atom is -0.179 e. The predicted octanol–water partition coefficient (Wildman–Crippen LogP) is 9.67. The maximum atomic E-state index is 3.78. The third-order valence-electron chi connectivity index (χ3n) is 6.59. The van der Waals surface area contributed by atoms with Gasteiger partial charge in [0.15, 0.2) is 0 Å². The third kappa shape index (κ3) is 10.7. The van der Waals surface area contributed by atoms with E-state index in [9.17, 15) is 0 Å². The van der Waals surface area contributed by atoms with Crippen LogP contribution in [-0.4, -0.2) is 7.63 Å². The average molecular weight is 610 g/mol. The molecule has 0 fully saturated rings. The largest absolute Gasteiger partial charge is 0.179 e. The maximum Gasteiger partial charge on any atom is -0.0253 e. The van der Waals surface area contributed by atoms with Crippen molar-refractivity contribution >= 4 is 32.4 Å². The van der Waals surface area contributed by atoms with E-state index in [1.54, 1.807) is 0 Å². The second-order valence-corrected chi connectivity index (χ2v) is 9.06. The molecule has 2 aliphatic rings. The molecule has 6 rings (SSSR count). The summed E-state index contributed by atoms with van der Waals surface area (Å²) in [4.78, 5) is 0. The van der Waals surface area contributed by atoms with Gasteiger partial charge in [0.05, 0.1) is 0 Å². The summed E-state index contributed by atoms with van der Waals surface area (Å²) in [5.74, 6) is 0. The molecule has 0 spiro atoms. The standard InChI is InChI=1S/2C13H9.C8H17.CH3.2ClH.H2Si.Ti/c2*1-3-7-12-10(5-1)9-11-6-2-4-8-13(11)12;1-3-5-7-8-6-4-2;;;;;/h2*1-5,7-8H,9H2;1,3-8H2,2H3;1H3;2*1H;1H2;/q4*-1;;;;. The average Bonchev–Trinajstić information content (AvgIpc) is 3.52. The van der Waals surface area contributed by atoms with Gasteiger partial charge in [0, 0.05) is 0 Å². The van der Waals surface area contributed by atoms with E-state index in [0.717, 1.165) is 19.3 Å². The van der Waals surface area contributed by atoms with Crippen molar-refractivity contribution in [3.05, 3.63) is 134 Å². The number of fused-ring (bicyclic) bond motifs is 6. The molecule has 0 amide bonds. The first kappa shape index (κ1) is 37.4. The predicted molar refractivity (Wildman–Crippen MR) is 175 cm³/mol. The molecule has 2 aliphatic carbocycles. The van der Waals surface area contributed by atoms with Gasteiger partial charge in [0.25, 0.3) is 0 Å². The van der Waals surface area contributed by atoms with E-state index in [-0.39, 0.29) is 32.2 Å². The minimum absolute atomic E-state index is 0. The summed E-state index contributed by atoms with van der Waals surface area (Å²) in [6.45, 7) is 6.02. The van der Waals surface area contributed by atoms with Crippen molar-refractivity contribution in [1.82, 2.24) is 0 Å². The van der Waals surface area contributed by atoms with Crippen LogP contribution >= 0.6 is 24.8 Å². The van der Waals surface area contributed by atoms with Crippen molar-refractivity contribution in [2.45, 2.75) is 58.3 Å². The Hall–Kier alpha value is -1.61. The van der Waals surface area contributed by atoms with Crippen molar-refractivity contribution in [3.8, 4) is 22.3 Å². The van der Waals surface area contributed by atoms with Crippen LogP contribution in [0.2, 0.25) is 0 Å². The molecule has 0 radical (unpaired) electrons. The summed E-state index contributed by atoms with van der Waals surface area (Å²) >= 11 is 2.03. The normalized spacial score (nSPS) is 10.3. The Labute approximate surface area is 264 Å². The number of hydrogen-bond acceptors (Lipinski definition) is 0. The molecule has 0 N–H and O–H groups in total. The van der Waals surface area contributed by atoms with Crippen LogP contribution in [0, 0.1) is 26.5 Å². The van der Waals surface area contributed by atoms with Crippen LogP contribution in [0.4, 0.5) is 0 Å². The molecule has 4 aromatic carbocycles. The van der Waals surface area contributed by atoms with E-state index < -0.39 is 0 Å². The number of rotatable bonds is 5. The molecular weight excluding hydrogens is 567 g/mol. The fourth-order valence-electron chi connectivity index (χ4n) is 4.78.